The minimum Gasteiger partial charge on any atom is -0.481 e. The molecule has 1 N–H and O–H groups in total. The first kappa shape index (κ1) is 17.7. The summed E-state index contributed by atoms with van der Waals surface area (Å²) in [4.78, 5) is 26.6. The number of likely N-dealkylation sites (tertiary alicyclic amines) is 1. The average Bonchev–Trinajstić information content (AvgIpc) is 2.80. The summed E-state index contributed by atoms with van der Waals surface area (Å²) < 4.78 is 22.3. The third-order valence-electron chi connectivity index (χ3n) is 4.23. The number of amides is 2. The molecule has 0 aliphatic carbocycles. The van der Waals surface area contributed by atoms with Gasteiger partial charge >= 0.3 is 12.0 Å². The van der Waals surface area contributed by atoms with Crippen molar-refractivity contribution in [3.63, 3.8) is 0 Å². The Morgan fingerprint density at radius 1 is 1.38 bits per heavy atom. The Kier molecular flexibility index (Phi) is 5.25. The zero-order chi connectivity index (χ0) is 16.4. The molecule has 1 fully saturated rings. The van der Waals surface area contributed by atoms with Crippen LogP contribution in [0, 0.1) is 11.3 Å². The molecule has 0 aromatic rings. The van der Waals surface area contributed by atoms with Crippen LogP contribution in [-0.2, 0) is 14.6 Å². The standard InChI is InChI=1S/C13H24N2O5S/c1-10(2)13(11(16)17)5-6-15(9-13)12(18)14(3)7-8-21(4,19)20/h10H,5-9H2,1-4H3,(H,16,17). The largest absolute Gasteiger partial charge is 0.481 e. The molecule has 1 rings (SSSR count). The van der Waals surface area contributed by atoms with Crippen LogP contribution in [0.15, 0.2) is 0 Å². The molecule has 0 saturated carbocycles. The molecular formula is C13H24N2O5S. The van der Waals surface area contributed by atoms with Gasteiger partial charge in [-0.05, 0) is 12.3 Å². The number of nitrogens with zero attached hydrogens (tertiary/aromatic N) is 2. The number of sulfone groups is 1. The molecule has 1 heterocycles. The number of carbonyl (C=O) groups is 2. The van der Waals surface area contributed by atoms with Crippen LogP contribution in [0.5, 0.6) is 0 Å². The first-order valence-electron chi connectivity index (χ1n) is 6.91. The SMILES string of the molecule is CC(C)C1(C(=O)O)CCN(C(=O)N(C)CCS(C)(=O)=O)C1. The van der Waals surface area contributed by atoms with Gasteiger partial charge in [-0.1, -0.05) is 13.8 Å². The van der Waals surface area contributed by atoms with Gasteiger partial charge in [0.1, 0.15) is 9.84 Å². The van der Waals surface area contributed by atoms with Crippen LogP contribution in [0.1, 0.15) is 20.3 Å². The van der Waals surface area contributed by atoms with E-state index in [4.69, 9.17) is 0 Å². The third kappa shape index (κ3) is 4.09. The van der Waals surface area contributed by atoms with Crippen LogP contribution < -0.4 is 0 Å². The van der Waals surface area contributed by atoms with Crippen molar-refractivity contribution >= 4 is 21.8 Å². The van der Waals surface area contributed by atoms with E-state index in [1.54, 1.807) is 0 Å². The van der Waals surface area contributed by atoms with Crippen LogP contribution in [0.4, 0.5) is 4.79 Å². The molecule has 1 unspecified atom stereocenters. The van der Waals surface area contributed by atoms with E-state index in [2.05, 4.69) is 0 Å². The Hall–Kier alpha value is -1.31. The van der Waals surface area contributed by atoms with Gasteiger partial charge in [0.05, 0.1) is 11.2 Å². The lowest BCUT2D eigenvalue weighted by molar-refractivity contribution is -0.150. The van der Waals surface area contributed by atoms with E-state index in [0.29, 0.717) is 13.0 Å². The predicted octanol–water partition coefficient (Wildman–Crippen LogP) is 0.516. The first-order chi connectivity index (χ1) is 9.49. The Labute approximate surface area is 125 Å². The summed E-state index contributed by atoms with van der Waals surface area (Å²) in [6.07, 6.45) is 1.54. The van der Waals surface area contributed by atoms with Gasteiger partial charge in [0.2, 0.25) is 0 Å². The van der Waals surface area contributed by atoms with Crippen molar-refractivity contribution in [2.45, 2.75) is 20.3 Å². The van der Waals surface area contributed by atoms with Crippen LogP contribution >= 0.6 is 0 Å². The van der Waals surface area contributed by atoms with Crippen molar-refractivity contribution in [2.75, 3.05) is 38.7 Å². The van der Waals surface area contributed by atoms with Gasteiger partial charge in [0.15, 0.2) is 0 Å². The zero-order valence-corrected chi connectivity index (χ0v) is 13.8. The van der Waals surface area contributed by atoms with Gasteiger partial charge in [-0.15, -0.1) is 0 Å². The van der Waals surface area contributed by atoms with Gasteiger partial charge in [-0.3, -0.25) is 4.79 Å². The molecule has 0 aromatic heterocycles. The highest BCUT2D eigenvalue weighted by Crippen LogP contribution is 2.38. The van der Waals surface area contributed by atoms with Gasteiger partial charge < -0.3 is 14.9 Å². The second-order valence-electron chi connectivity index (χ2n) is 6.12. The summed E-state index contributed by atoms with van der Waals surface area (Å²) in [5.74, 6) is -1.06. The van der Waals surface area contributed by atoms with Crippen molar-refractivity contribution in [3.8, 4) is 0 Å². The fraction of sp³-hybridized carbons (Fsp3) is 0.846. The second kappa shape index (κ2) is 6.21. The fourth-order valence-electron chi connectivity index (χ4n) is 2.53. The number of hydrogen-bond acceptors (Lipinski definition) is 4. The van der Waals surface area contributed by atoms with E-state index in [-0.39, 0.29) is 30.8 Å². The minimum atomic E-state index is -3.13. The number of hydrogen-bond donors (Lipinski definition) is 1. The summed E-state index contributed by atoms with van der Waals surface area (Å²) in [7, 11) is -1.60. The number of carboxylic acids is 1. The molecule has 8 heteroatoms. The van der Waals surface area contributed by atoms with E-state index >= 15 is 0 Å². The first-order valence-corrected chi connectivity index (χ1v) is 8.97. The highest BCUT2D eigenvalue weighted by molar-refractivity contribution is 7.90. The van der Waals surface area contributed by atoms with Gasteiger partial charge in [0.25, 0.3) is 0 Å². The Morgan fingerprint density at radius 3 is 2.33 bits per heavy atom. The summed E-state index contributed by atoms with van der Waals surface area (Å²) in [5.41, 5.74) is -0.909. The zero-order valence-electron chi connectivity index (χ0n) is 13.0. The van der Waals surface area contributed by atoms with E-state index in [1.165, 1.54) is 16.8 Å². The Bertz CT molecular complexity index is 517. The number of carboxylic acid groups (broad SMARTS) is 1. The summed E-state index contributed by atoms with van der Waals surface area (Å²) in [6.45, 7) is 4.34. The topological polar surface area (TPSA) is 95.0 Å². The molecule has 1 atom stereocenters. The average molecular weight is 320 g/mol. The van der Waals surface area contributed by atoms with Crippen LogP contribution in [0.25, 0.3) is 0 Å². The maximum absolute atomic E-state index is 12.3. The normalized spacial score (nSPS) is 22.6. The molecule has 1 saturated heterocycles. The molecule has 1 aliphatic heterocycles. The number of aliphatic carboxylic acids is 1. The van der Waals surface area contributed by atoms with Gasteiger partial charge in [-0.25, -0.2) is 13.2 Å². The smallest absolute Gasteiger partial charge is 0.319 e. The maximum Gasteiger partial charge on any atom is 0.319 e. The van der Waals surface area contributed by atoms with Crippen molar-refractivity contribution in [1.29, 1.82) is 0 Å². The molecule has 1 aliphatic rings. The Morgan fingerprint density at radius 2 is 1.95 bits per heavy atom. The van der Waals surface area contributed by atoms with E-state index in [9.17, 15) is 23.1 Å². The van der Waals surface area contributed by atoms with Gasteiger partial charge in [-0.2, -0.15) is 0 Å². The highest BCUT2D eigenvalue weighted by atomic mass is 32.2. The van der Waals surface area contributed by atoms with E-state index in [1.807, 2.05) is 13.8 Å². The molecule has 2 amide bonds. The lowest BCUT2D eigenvalue weighted by Crippen LogP contribution is -2.45. The summed E-state index contributed by atoms with van der Waals surface area (Å²) in [6, 6.07) is -0.317. The molecule has 122 valence electrons. The van der Waals surface area contributed by atoms with Crippen molar-refractivity contribution in [1.82, 2.24) is 9.80 Å². The minimum absolute atomic E-state index is 0.0749. The number of rotatable bonds is 5. The number of urea groups is 1. The Balaban J connectivity index is 2.71. The van der Waals surface area contributed by atoms with Crippen LogP contribution in [-0.4, -0.2) is 74.0 Å². The molecule has 0 bridgehead atoms. The van der Waals surface area contributed by atoms with Gasteiger partial charge in [0, 0.05) is 32.9 Å². The van der Waals surface area contributed by atoms with E-state index < -0.39 is 21.2 Å². The van der Waals surface area contributed by atoms with Crippen molar-refractivity contribution in [2.24, 2.45) is 11.3 Å². The quantitative estimate of drug-likeness (QED) is 0.796. The summed E-state index contributed by atoms with van der Waals surface area (Å²) >= 11 is 0. The molecule has 0 aromatic carbocycles. The van der Waals surface area contributed by atoms with Crippen LogP contribution in [0.2, 0.25) is 0 Å². The van der Waals surface area contributed by atoms with Crippen LogP contribution in [0.3, 0.4) is 0 Å². The van der Waals surface area contributed by atoms with Crippen molar-refractivity contribution < 1.29 is 23.1 Å². The maximum atomic E-state index is 12.3. The summed E-state index contributed by atoms with van der Waals surface area (Å²) in [5, 5.41) is 9.45. The lowest BCUT2D eigenvalue weighted by atomic mass is 9.76. The molecule has 7 nitrogen and oxygen atoms in total. The van der Waals surface area contributed by atoms with E-state index in [0.717, 1.165) is 6.26 Å². The molecule has 0 spiro atoms. The fourth-order valence-corrected chi connectivity index (χ4v) is 3.13. The molecular weight excluding hydrogens is 296 g/mol. The molecule has 0 radical (unpaired) electrons. The van der Waals surface area contributed by atoms with Crippen molar-refractivity contribution in [3.05, 3.63) is 0 Å². The highest BCUT2D eigenvalue weighted by Gasteiger charge is 2.48. The number of carbonyl (C=O) groups excluding carboxylic acids is 1. The predicted molar refractivity (Wildman–Crippen MR) is 78.8 cm³/mol. The second-order valence-corrected chi connectivity index (χ2v) is 8.38. The molecule has 21 heavy (non-hydrogen) atoms. The third-order valence-corrected chi connectivity index (χ3v) is 5.15. The monoisotopic (exact) mass is 320 g/mol. The lowest BCUT2D eigenvalue weighted by Gasteiger charge is -2.30.